The van der Waals surface area contributed by atoms with Gasteiger partial charge in [-0.3, -0.25) is 4.79 Å². The summed E-state index contributed by atoms with van der Waals surface area (Å²) in [4.78, 5) is 24.2. The number of hydrogen-bond acceptors (Lipinski definition) is 2. The summed E-state index contributed by atoms with van der Waals surface area (Å²) in [6.07, 6.45) is 1.58. The summed E-state index contributed by atoms with van der Waals surface area (Å²) in [5.74, 6) is -1.50. The van der Waals surface area contributed by atoms with Crippen molar-refractivity contribution in [2.24, 2.45) is 0 Å². The third-order valence-electron chi connectivity index (χ3n) is 3.01. The molecule has 0 atom stereocenters. The topological polar surface area (TPSA) is 69.6 Å². The molecule has 0 radical (unpaired) electrons. The Morgan fingerprint density at radius 3 is 2.70 bits per heavy atom. The zero-order chi connectivity index (χ0) is 14.7. The summed E-state index contributed by atoms with van der Waals surface area (Å²) < 4.78 is 14.1. The van der Waals surface area contributed by atoms with Gasteiger partial charge in [0.25, 0.3) is 0 Å². The normalized spacial score (nSPS) is 13.9. The molecule has 1 aromatic rings. The fourth-order valence-corrected chi connectivity index (χ4v) is 2.29. The molecule has 0 heterocycles. The Hall–Kier alpha value is -1.63. The maximum Gasteiger partial charge on any atom is 0.322 e. The molecular formula is C13H14BrFN2O3. The van der Waals surface area contributed by atoms with Crippen LogP contribution >= 0.6 is 15.9 Å². The van der Waals surface area contributed by atoms with Crippen molar-refractivity contribution in [3.8, 4) is 0 Å². The largest absolute Gasteiger partial charge is 0.481 e. The van der Waals surface area contributed by atoms with Gasteiger partial charge in [0.15, 0.2) is 0 Å². The Labute approximate surface area is 123 Å². The second-order valence-corrected chi connectivity index (χ2v) is 5.45. The van der Waals surface area contributed by atoms with E-state index in [0.717, 1.165) is 12.8 Å². The van der Waals surface area contributed by atoms with E-state index in [1.807, 2.05) is 0 Å². The molecule has 0 aliphatic heterocycles. The van der Waals surface area contributed by atoms with E-state index in [-0.39, 0.29) is 24.7 Å². The third kappa shape index (κ3) is 3.69. The first-order valence-corrected chi connectivity index (χ1v) is 7.01. The highest BCUT2D eigenvalue weighted by molar-refractivity contribution is 9.10. The van der Waals surface area contributed by atoms with Crippen molar-refractivity contribution in [3.05, 3.63) is 28.5 Å². The molecule has 1 fully saturated rings. The number of aliphatic carboxylic acids is 1. The average molecular weight is 345 g/mol. The number of urea groups is 1. The first kappa shape index (κ1) is 14.8. The van der Waals surface area contributed by atoms with Crippen molar-refractivity contribution in [1.29, 1.82) is 0 Å². The quantitative estimate of drug-likeness (QED) is 0.862. The zero-order valence-electron chi connectivity index (χ0n) is 10.6. The molecule has 0 bridgehead atoms. The highest BCUT2D eigenvalue weighted by Crippen LogP contribution is 2.29. The van der Waals surface area contributed by atoms with Crippen LogP contribution < -0.4 is 5.32 Å². The van der Waals surface area contributed by atoms with Crippen molar-refractivity contribution in [3.63, 3.8) is 0 Å². The van der Waals surface area contributed by atoms with Gasteiger partial charge in [-0.15, -0.1) is 0 Å². The van der Waals surface area contributed by atoms with Crippen LogP contribution in [0.2, 0.25) is 0 Å². The van der Waals surface area contributed by atoms with E-state index < -0.39 is 17.8 Å². The Morgan fingerprint density at radius 2 is 2.15 bits per heavy atom. The maximum absolute atomic E-state index is 13.6. The molecule has 0 aromatic heterocycles. The summed E-state index contributed by atoms with van der Waals surface area (Å²) in [5.41, 5.74) is 0.0680. The molecule has 5 nitrogen and oxygen atoms in total. The molecule has 1 aliphatic rings. The summed E-state index contributed by atoms with van der Waals surface area (Å²) in [6.45, 7) is 0.123. The number of carbonyl (C=O) groups is 2. The van der Waals surface area contributed by atoms with Crippen molar-refractivity contribution in [2.45, 2.75) is 25.3 Å². The van der Waals surface area contributed by atoms with Crippen LogP contribution in [0.25, 0.3) is 0 Å². The van der Waals surface area contributed by atoms with Crippen molar-refractivity contribution in [1.82, 2.24) is 4.90 Å². The third-order valence-corrected chi connectivity index (χ3v) is 3.67. The molecule has 108 valence electrons. The highest BCUT2D eigenvalue weighted by atomic mass is 79.9. The molecule has 2 N–H and O–H groups in total. The van der Waals surface area contributed by atoms with Gasteiger partial charge in [0.1, 0.15) is 5.82 Å². The number of carboxylic acids is 1. The fourth-order valence-electron chi connectivity index (χ4n) is 1.85. The van der Waals surface area contributed by atoms with Crippen molar-refractivity contribution >= 4 is 33.6 Å². The second-order valence-electron chi connectivity index (χ2n) is 4.60. The number of benzene rings is 1. The lowest BCUT2D eigenvalue weighted by molar-refractivity contribution is -0.137. The van der Waals surface area contributed by atoms with Crippen LogP contribution in [0.1, 0.15) is 19.3 Å². The smallest absolute Gasteiger partial charge is 0.322 e. The number of para-hydroxylation sites is 1. The molecule has 2 amide bonds. The van der Waals surface area contributed by atoms with Crippen LogP contribution in [0.5, 0.6) is 0 Å². The van der Waals surface area contributed by atoms with E-state index in [1.54, 1.807) is 6.07 Å². The zero-order valence-corrected chi connectivity index (χ0v) is 12.2. The number of anilines is 1. The van der Waals surface area contributed by atoms with E-state index in [9.17, 15) is 14.0 Å². The lowest BCUT2D eigenvalue weighted by Gasteiger charge is -2.22. The predicted molar refractivity (Wildman–Crippen MR) is 75.1 cm³/mol. The van der Waals surface area contributed by atoms with E-state index in [0.29, 0.717) is 4.47 Å². The van der Waals surface area contributed by atoms with Gasteiger partial charge < -0.3 is 15.3 Å². The number of nitrogens with one attached hydrogen (secondary N) is 1. The number of hydrogen-bond donors (Lipinski definition) is 2. The molecule has 2 rings (SSSR count). The van der Waals surface area contributed by atoms with Crippen LogP contribution in [0.4, 0.5) is 14.9 Å². The van der Waals surface area contributed by atoms with Crippen LogP contribution in [0.15, 0.2) is 22.7 Å². The van der Waals surface area contributed by atoms with Crippen LogP contribution in [-0.2, 0) is 4.79 Å². The fraction of sp³-hybridized carbons (Fsp3) is 0.385. The van der Waals surface area contributed by atoms with E-state index in [2.05, 4.69) is 21.2 Å². The average Bonchev–Trinajstić information content (AvgIpc) is 3.18. The lowest BCUT2D eigenvalue weighted by Crippen LogP contribution is -2.38. The van der Waals surface area contributed by atoms with Crippen molar-refractivity contribution in [2.75, 3.05) is 11.9 Å². The molecule has 1 aliphatic carbocycles. The standard InChI is InChI=1S/C13H14BrFN2O3/c14-9-2-1-3-10(15)12(9)16-13(20)17(8-4-5-8)7-6-11(18)19/h1-3,8H,4-7H2,(H,16,20)(H,18,19). The van der Waals surface area contributed by atoms with Gasteiger partial charge in [0, 0.05) is 17.1 Å². The molecule has 1 aromatic carbocycles. The summed E-state index contributed by atoms with van der Waals surface area (Å²) in [6, 6.07) is 3.98. The molecule has 0 spiro atoms. The number of carboxylic acid groups (broad SMARTS) is 1. The van der Waals surface area contributed by atoms with Crippen molar-refractivity contribution < 1.29 is 19.1 Å². The van der Waals surface area contributed by atoms with Crippen LogP contribution in [0.3, 0.4) is 0 Å². The first-order chi connectivity index (χ1) is 9.49. The molecule has 1 saturated carbocycles. The molecule has 20 heavy (non-hydrogen) atoms. The maximum atomic E-state index is 13.6. The summed E-state index contributed by atoms with van der Waals surface area (Å²) in [7, 11) is 0. The van der Waals surface area contributed by atoms with Gasteiger partial charge >= 0.3 is 12.0 Å². The minimum atomic E-state index is -0.962. The Kier molecular flexibility index (Phi) is 4.59. The number of halogens is 2. The first-order valence-electron chi connectivity index (χ1n) is 6.22. The van der Waals surface area contributed by atoms with Gasteiger partial charge in [0.2, 0.25) is 0 Å². The molecule has 7 heteroatoms. The van der Waals surface area contributed by atoms with Gasteiger partial charge in [0.05, 0.1) is 12.1 Å². The number of rotatable bonds is 5. The van der Waals surface area contributed by atoms with Gasteiger partial charge in [-0.25, -0.2) is 9.18 Å². The number of nitrogens with zero attached hydrogens (tertiary/aromatic N) is 1. The lowest BCUT2D eigenvalue weighted by atomic mass is 10.3. The Balaban J connectivity index is 2.06. The monoisotopic (exact) mass is 344 g/mol. The Bertz CT molecular complexity index is 514. The SMILES string of the molecule is O=C(O)CCN(C(=O)Nc1c(F)cccc1Br)C1CC1. The van der Waals surface area contributed by atoms with E-state index >= 15 is 0 Å². The molecular weight excluding hydrogens is 331 g/mol. The van der Waals surface area contributed by atoms with Gasteiger partial charge in [-0.05, 0) is 40.9 Å². The minimum absolute atomic E-state index is 0.0555. The Morgan fingerprint density at radius 1 is 1.45 bits per heavy atom. The summed E-state index contributed by atoms with van der Waals surface area (Å²) in [5, 5.41) is 11.2. The molecule has 0 unspecified atom stereocenters. The second kappa shape index (κ2) is 6.21. The van der Waals surface area contributed by atoms with Crippen LogP contribution in [-0.4, -0.2) is 34.6 Å². The number of amides is 2. The summed E-state index contributed by atoms with van der Waals surface area (Å²) >= 11 is 3.17. The van der Waals surface area contributed by atoms with Gasteiger partial charge in [-0.1, -0.05) is 6.07 Å². The highest BCUT2D eigenvalue weighted by Gasteiger charge is 2.33. The van der Waals surface area contributed by atoms with E-state index in [1.165, 1.54) is 17.0 Å². The molecule has 0 saturated heterocycles. The van der Waals surface area contributed by atoms with Gasteiger partial charge in [-0.2, -0.15) is 0 Å². The van der Waals surface area contributed by atoms with Crippen LogP contribution in [0, 0.1) is 5.82 Å². The predicted octanol–water partition coefficient (Wildman–Crippen LogP) is 3.06. The van der Waals surface area contributed by atoms with E-state index in [4.69, 9.17) is 5.11 Å². The minimum Gasteiger partial charge on any atom is -0.481 e. The number of carbonyl (C=O) groups excluding carboxylic acids is 1.